The third kappa shape index (κ3) is 4.32. The van der Waals surface area contributed by atoms with E-state index in [-0.39, 0.29) is 18.1 Å². The number of aryl methyl sites for hydroxylation is 2. The lowest BCUT2D eigenvalue weighted by Gasteiger charge is -2.05. The van der Waals surface area contributed by atoms with E-state index in [2.05, 4.69) is 10.1 Å². The van der Waals surface area contributed by atoms with E-state index >= 15 is 0 Å². The number of methoxy groups -OCH3 is 1. The Morgan fingerprint density at radius 2 is 1.83 bits per heavy atom. The number of amides is 1. The van der Waals surface area contributed by atoms with Crippen LogP contribution in [0.15, 0.2) is 34.7 Å². The summed E-state index contributed by atoms with van der Waals surface area (Å²) in [5, 5.41) is 2.74. The second kappa shape index (κ2) is 7.59. The number of carbonyl (C=O) groups is 3. The van der Waals surface area contributed by atoms with E-state index in [4.69, 9.17) is 4.42 Å². The molecule has 0 aliphatic heterocycles. The summed E-state index contributed by atoms with van der Waals surface area (Å²) < 4.78 is 10.1. The maximum atomic E-state index is 12.0. The summed E-state index contributed by atoms with van der Waals surface area (Å²) in [6, 6.07) is 8.10. The molecule has 2 rings (SSSR count). The fourth-order valence-corrected chi connectivity index (χ4v) is 2.28. The van der Waals surface area contributed by atoms with Gasteiger partial charge in [-0.3, -0.25) is 9.59 Å². The summed E-state index contributed by atoms with van der Waals surface area (Å²) in [4.78, 5) is 34.7. The van der Waals surface area contributed by atoms with Crippen LogP contribution in [-0.2, 0) is 16.0 Å². The van der Waals surface area contributed by atoms with Crippen molar-refractivity contribution in [3.8, 4) is 0 Å². The number of nitrogens with one attached hydrogen (secondary N) is 1. The molecular weight excluding hydrogens is 310 g/mol. The van der Waals surface area contributed by atoms with Crippen LogP contribution >= 0.6 is 0 Å². The van der Waals surface area contributed by atoms with Crippen LogP contribution in [0.25, 0.3) is 0 Å². The van der Waals surface area contributed by atoms with Crippen molar-refractivity contribution in [3.05, 3.63) is 53.0 Å². The van der Waals surface area contributed by atoms with Gasteiger partial charge in [0, 0.05) is 18.5 Å². The number of hydrogen-bond donors (Lipinski definition) is 1. The summed E-state index contributed by atoms with van der Waals surface area (Å²) in [6.45, 7) is 3.20. The fourth-order valence-electron chi connectivity index (χ4n) is 2.28. The number of rotatable bonds is 6. The number of ether oxygens (including phenoxy) is 1. The van der Waals surface area contributed by atoms with E-state index < -0.39 is 5.97 Å². The van der Waals surface area contributed by atoms with Gasteiger partial charge in [-0.25, -0.2) is 4.79 Å². The highest BCUT2D eigenvalue weighted by Crippen LogP contribution is 2.17. The Kier molecular flexibility index (Phi) is 5.52. The van der Waals surface area contributed by atoms with Crippen LogP contribution in [0.2, 0.25) is 0 Å². The fraction of sp³-hybridized carbons (Fsp3) is 0.278. The van der Waals surface area contributed by atoms with Crippen molar-refractivity contribution in [2.75, 3.05) is 12.4 Å². The van der Waals surface area contributed by atoms with Gasteiger partial charge >= 0.3 is 5.97 Å². The van der Waals surface area contributed by atoms with Gasteiger partial charge in [-0.1, -0.05) is 0 Å². The Labute approximate surface area is 139 Å². The molecule has 1 N–H and O–H groups in total. The van der Waals surface area contributed by atoms with Crippen LogP contribution in [0.3, 0.4) is 0 Å². The Hall–Kier alpha value is -2.89. The molecule has 0 radical (unpaired) electrons. The van der Waals surface area contributed by atoms with Gasteiger partial charge in [-0.2, -0.15) is 0 Å². The van der Waals surface area contributed by atoms with Crippen molar-refractivity contribution >= 4 is 23.3 Å². The van der Waals surface area contributed by atoms with E-state index in [1.165, 1.54) is 14.0 Å². The van der Waals surface area contributed by atoms with Gasteiger partial charge in [0.25, 0.3) is 0 Å². The number of Topliss-reactive ketones (excluding diaryl/α,β-unsaturated/α-hetero) is 1. The third-order valence-electron chi connectivity index (χ3n) is 3.54. The molecule has 0 spiro atoms. The SMILES string of the molecule is COC(=O)c1ccc(NC(=O)CCc2cc(C(C)=O)c(C)o2)cc1. The molecule has 6 heteroatoms. The number of benzene rings is 1. The van der Waals surface area contributed by atoms with Gasteiger partial charge in [-0.15, -0.1) is 0 Å². The number of ketones is 1. The standard InChI is InChI=1S/C18H19NO5/c1-11(20)16-10-15(24-12(16)2)8-9-17(21)19-14-6-4-13(5-7-14)18(22)23-3/h4-7,10H,8-9H2,1-3H3,(H,19,21). The van der Waals surface area contributed by atoms with Crippen molar-refractivity contribution in [3.63, 3.8) is 0 Å². The second-order valence-electron chi connectivity index (χ2n) is 5.36. The van der Waals surface area contributed by atoms with Crippen molar-refractivity contribution < 1.29 is 23.5 Å². The molecule has 0 saturated carbocycles. The normalized spacial score (nSPS) is 10.3. The van der Waals surface area contributed by atoms with Gasteiger partial charge in [0.15, 0.2) is 5.78 Å². The maximum Gasteiger partial charge on any atom is 0.337 e. The van der Waals surface area contributed by atoms with Gasteiger partial charge in [-0.05, 0) is 44.2 Å². The highest BCUT2D eigenvalue weighted by Gasteiger charge is 2.12. The van der Waals surface area contributed by atoms with Gasteiger partial charge in [0.2, 0.25) is 5.91 Å². The molecule has 0 aliphatic carbocycles. The smallest absolute Gasteiger partial charge is 0.337 e. The van der Waals surface area contributed by atoms with Crippen molar-refractivity contribution in [2.45, 2.75) is 26.7 Å². The molecule has 0 atom stereocenters. The minimum Gasteiger partial charge on any atom is -0.466 e. The van der Waals surface area contributed by atoms with E-state index in [1.54, 1.807) is 37.3 Å². The first-order valence-electron chi connectivity index (χ1n) is 7.49. The quantitative estimate of drug-likeness (QED) is 0.650. The number of furan rings is 1. The molecule has 6 nitrogen and oxygen atoms in total. The van der Waals surface area contributed by atoms with E-state index in [1.807, 2.05) is 0 Å². The zero-order valence-electron chi connectivity index (χ0n) is 13.8. The third-order valence-corrected chi connectivity index (χ3v) is 3.54. The van der Waals surface area contributed by atoms with Crippen LogP contribution in [0, 0.1) is 6.92 Å². The molecule has 1 aromatic heterocycles. The second-order valence-corrected chi connectivity index (χ2v) is 5.36. The number of hydrogen-bond acceptors (Lipinski definition) is 5. The summed E-state index contributed by atoms with van der Waals surface area (Å²) in [5.41, 5.74) is 1.55. The van der Waals surface area contributed by atoms with E-state index in [0.29, 0.717) is 34.8 Å². The Bertz CT molecular complexity index is 758. The van der Waals surface area contributed by atoms with Crippen LogP contribution in [-0.4, -0.2) is 24.8 Å². The summed E-state index contributed by atoms with van der Waals surface area (Å²) in [6.07, 6.45) is 0.628. The Balaban J connectivity index is 1.90. The molecule has 0 fully saturated rings. The van der Waals surface area contributed by atoms with Crippen molar-refractivity contribution in [1.29, 1.82) is 0 Å². The highest BCUT2D eigenvalue weighted by molar-refractivity contribution is 5.95. The first-order chi connectivity index (χ1) is 11.4. The lowest BCUT2D eigenvalue weighted by molar-refractivity contribution is -0.116. The molecule has 2 aromatic rings. The zero-order valence-corrected chi connectivity index (χ0v) is 13.8. The number of anilines is 1. The minimum absolute atomic E-state index is 0.0577. The largest absolute Gasteiger partial charge is 0.466 e. The van der Waals surface area contributed by atoms with Gasteiger partial charge in [0.05, 0.1) is 18.2 Å². The van der Waals surface area contributed by atoms with Crippen LogP contribution in [0.1, 0.15) is 45.6 Å². The topological polar surface area (TPSA) is 85.6 Å². The maximum absolute atomic E-state index is 12.0. The molecule has 1 amide bonds. The first-order valence-corrected chi connectivity index (χ1v) is 7.49. The van der Waals surface area contributed by atoms with Crippen LogP contribution in [0.4, 0.5) is 5.69 Å². The molecule has 126 valence electrons. The Morgan fingerprint density at radius 1 is 1.17 bits per heavy atom. The first kappa shape index (κ1) is 17.5. The van der Waals surface area contributed by atoms with E-state index in [0.717, 1.165) is 0 Å². The lowest BCUT2D eigenvalue weighted by atomic mass is 10.1. The monoisotopic (exact) mass is 329 g/mol. The summed E-state index contributed by atoms with van der Waals surface area (Å²) in [7, 11) is 1.31. The summed E-state index contributed by atoms with van der Waals surface area (Å²) >= 11 is 0. The van der Waals surface area contributed by atoms with E-state index in [9.17, 15) is 14.4 Å². The molecule has 1 heterocycles. The average Bonchev–Trinajstić information content (AvgIpc) is 2.94. The molecule has 0 saturated heterocycles. The molecular formula is C18H19NO5. The Morgan fingerprint density at radius 3 is 2.38 bits per heavy atom. The lowest BCUT2D eigenvalue weighted by Crippen LogP contribution is -2.12. The van der Waals surface area contributed by atoms with Crippen molar-refractivity contribution in [1.82, 2.24) is 0 Å². The van der Waals surface area contributed by atoms with Gasteiger partial charge < -0.3 is 14.5 Å². The van der Waals surface area contributed by atoms with Crippen molar-refractivity contribution in [2.24, 2.45) is 0 Å². The van der Waals surface area contributed by atoms with Crippen LogP contribution in [0.5, 0.6) is 0 Å². The minimum atomic E-state index is -0.428. The number of esters is 1. The molecule has 1 aromatic carbocycles. The molecule has 0 bridgehead atoms. The molecule has 0 aliphatic rings. The predicted octanol–water partition coefficient (Wildman–Crippen LogP) is 3.15. The average molecular weight is 329 g/mol. The summed E-state index contributed by atoms with van der Waals surface area (Å²) in [5.74, 6) is 0.504. The van der Waals surface area contributed by atoms with Crippen LogP contribution < -0.4 is 5.32 Å². The predicted molar refractivity (Wildman–Crippen MR) is 88.2 cm³/mol. The van der Waals surface area contributed by atoms with Gasteiger partial charge in [0.1, 0.15) is 11.5 Å². The highest BCUT2D eigenvalue weighted by atomic mass is 16.5. The number of carbonyl (C=O) groups excluding carboxylic acids is 3. The molecule has 0 unspecified atom stereocenters. The zero-order chi connectivity index (χ0) is 17.7. The molecule has 24 heavy (non-hydrogen) atoms.